The van der Waals surface area contributed by atoms with Gasteiger partial charge in [-0.1, -0.05) is 19.1 Å². The van der Waals surface area contributed by atoms with E-state index < -0.39 is 52.5 Å². The first-order valence-corrected chi connectivity index (χ1v) is 11.3. The first-order chi connectivity index (χ1) is 16.4. The van der Waals surface area contributed by atoms with Gasteiger partial charge in [0.15, 0.2) is 5.69 Å². The molecular weight excluding hydrogens is 459 g/mol. The van der Waals surface area contributed by atoms with Crippen molar-refractivity contribution in [3.63, 3.8) is 0 Å². The third kappa shape index (κ3) is 5.97. The summed E-state index contributed by atoms with van der Waals surface area (Å²) in [4.78, 5) is 44.5. The molecule has 1 aromatic heterocycles. The van der Waals surface area contributed by atoms with Crippen molar-refractivity contribution in [2.24, 2.45) is 0 Å². The number of ether oxygens (including phenoxy) is 2. The molecule has 1 aliphatic rings. The standard InChI is InChI=1S/C24H31FN4O6/c1-6-16-12-34-13-17(28(5)23(33)35-24(2,3)4)20-27-18(19(30)22(32)29(16)20)21(31)26-11-14-7-9-15(25)10-8-14/h7-10,16-17,30H,6,11-13H2,1-5H3,(H,26,31)/t16-,17+/m0/s1. The summed E-state index contributed by atoms with van der Waals surface area (Å²) in [5.74, 6) is -1.89. The molecule has 2 amide bonds. The average Bonchev–Trinajstić information content (AvgIpc) is 2.98. The highest BCUT2D eigenvalue weighted by Gasteiger charge is 2.36. The Hall–Kier alpha value is -3.47. The SMILES string of the molecule is CC[C@H]1COC[C@@H](N(C)C(=O)OC(C)(C)C)c2nc(C(=O)NCc3ccc(F)cc3)c(O)c(=O)n21. The highest BCUT2D eigenvalue weighted by Crippen LogP contribution is 2.28. The predicted molar refractivity (Wildman–Crippen MR) is 125 cm³/mol. The van der Waals surface area contributed by atoms with E-state index in [-0.39, 0.29) is 25.6 Å². The number of nitrogens with zero attached hydrogens (tertiary/aromatic N) is 3. The van der Waals surface area contributed by atoms with E-state index in [1.165, 1.54) is 40.8 Å². The highest BCUT2D eigenvalue weighted by molar-refractivity contribution is 5.94. The lowest BCUT2D eigenvalue weighted by Crippen LogP contribution is -2.41. The Morgan fingerprint density at radius 1 is 1.29 bits per heavy atom. The average molecular weight is 491 g/mol. The van der Waals surface area contributed by atoms with Gasteiger partial charge >= 0.3 is 6.09 Å². The number of likely N-dealkylation sites (N-methyl/N-ethyl adjacent to an activating group) is 1. The lowest BCUT2D eigenvalue weighted by atomic mass is 10.1. The maximum absolute atomic E-state index is 13.2. The van der Waals surface area contributed by atoms with Crippen LogP contribution in [-0.4, -0.2) is 57.4 Å². The minimum atomic E-state index is -0.849. The van der Waals surface area contributed by atoms with Gasteiger partial charge in [0.05, 0.1) is 19.3 Å². The van der Waals surface area contributed by atoms with Crippen LogP contribution < -0.4 is 10.9 Å². The Morgan fingerprint density at radius 3 is 2.54 bits per heavy atom. The van der Waals surface area contributed by atoms with Gasteiger partial charge in [-0.05, 0) is 44.9 Å². The van der Waals surface area contributed by atoms with Crippen LogP contribution >= 0.6 is 0 Å². The zero-order valence-corrected chi connectivity index (χ0v) is 20.5. The minimum absolute atomic E-state index is 0.0140. The molecule has 2 N–H and O–H groups in total. The summed E-state index contributed by atoms with van der Waals surface area (Å²) in [7, 11) is 1.49. The summed E-state index contributed by atoms with van der Waals surface area (Å²) in [6.07, 6.45) is -0.162. The number of rotatable bonds is 5. The van der Waals surface area contributed by atoms with Crippen LogP contribution in [0.25, 0.3) is 0 Å². The number of nitrogens with one attached hydrogen (secondary N) is 1. The fraction of sp³-hybridized carbons (Fsp3) is 0.500. The van der Waals surface area contributed by atoms with E-state index in [0.717, 1.165) is 0 Å². The zero-order chi connectivity index (χ0) is 25.9. The fourth-order valence-corrected chi connectivity index (χ4v) is 3.67. The summed E-state index contributed by atoms with van der Waals surface area (Å²) in [5, 5.41) is 13.2. The molecule has 0 saturated heterocycles. The summed E-state index contributed by atoms with van der Waals surface area (Å²) in [5.41, 5.74) is -1.41. The lowest BCUT2D eigenvalue weighted by molar-refractivity contribution is 0.00824. The van der Waals surface area contributed by atoms with Crippen LogP contribution in [0.3, 0.4) is 0 Å². The summed E-state index contributed by atoms with van der Waals surface area (Å²) >= 11 is 0. The van der Waals surface area contributed by atoms with Gasteiger partial charge in [-0.2, -0.15) is 0 Å². The molecule has 11 heteroatoms. The number of fused-ring (bicyclic) bond motifs is 1. The molecule has 0 saturated carbocycles. The number of aromatic nitrogens is 2. The number of hydrogen-bond acceptors (Lipinski definition) is 7. The van der Waals surface area contributed by atoms with E-state index in [4.69, 9.17) is 9.47 Å². The van der Waals surface area contributed by atoms with Crippen LogP contribution in [0.15, 0.2) is 29.1 Å². The molecule has 1 aromatic carbocycles. The topological polar surface area (TPSA) is 123 Å². The maximum atomic E-state index is 13.2. The van der Waals surface area contributed by atoms with Crippen molar-refractivity contribution in [1.82, 2.24) is 19.8 Å². The van der Waals surface area contributed by atoms with Crippen molar-refractivity contribution >= 4 is 12.0 Å². The maximum Gasteiger partial charge on any atom is 0.410 e. The van der Waals surface area contributed by atoms with E-state index in [1.54, 1.807) is 20.8 Å². The molecule has 2 heterocycles. The van der Waals surface area contributed by atoms with Crippen LogP contribution in [0.2, 0.25) is 0 Å². The molecule has 35 heavy (non-hydrogen) atoms. The first-order valence-electron chi connectivity index (χ1n) is 11.3. The third-order valence-electron chi connectivity index (χ3n) is 5.57. The summed E-state index contributed by atoms with van der Waals surface area (Å²) in [6.45, 7) is 7.25. The molecular formula is C24H31FN4O6. The quantitative estimate of drug-likeness (QED) is 0.661. The second-order valence-electron chi connectivity index (χ2n) is 9.36. The Balaban J connectivity index is 2.00. The van der Waals surface area contributed by atoms with Gasteiger partial charge in [0, 0.05) is 13.6 Å². The van der Waals surface area contributed by atoms with E-state index in [1.807, 2.05) is 6.92 Å². The zero-order valence-electron chi connectivity index (χ0n) is 20.5. The number of carbonyl (C=O) groups excluding carboxylic acids is 2. The van der Waals surface area contributed by atoms with Gasteiger partial charge < -0.3 is 19.9 Å². The van der Waals surface area contributed by atoms with Gasteiger partial charge in [0.25, 0.3) is 11.5 Å². The van der Waals surface area contributed by atoms with Crippen molar-refractivity contribution in [2.75, 3.05) is 20.3 Å². The van der Waals surface area contributed by atoms with Crippen molar-refractivity contribution < 1.29 is 28.6 Å². The summed E-state index contributed by atoms with van der Waals surface area (Å²) < 4.78 is 25.6. The molecule has 10 nitrogen and oxygen atoms in total. The van der Waals surface area contributed by atoms with Gasteiger partial charge in [-0.3, -0.25) is 19.1 Å². The van der Waals surface area contributed by atoms with Crippen molar-refractivity contribution in [3.8, 4) is 5.75 Å². The monoisotopic (exact) mass is 490 g/mol. The fourth-order valence-electron chi connectivity index (χ4n) is 3.67. The Labute approximate surface area is 202 Å². The Kier molecular flexibility index (Phi) is 7.79. The molecule has 0 fully saturated rings. The molecule has 3 rings (SSSR count). The molecule has 0 unspecified atom stereocenters. The number of halogens is 1. The molecule has 190 valence electrons. The Bertz CT molecular complexity index is 1140. The van der Waals surface area contributed by atoms with Gasteiger partial charge in [0.1, 0.15) is 23.3 Å². The van der Waals surface area contributed by atoms with Crippen LogP contribution in [0.4, 0.5) is 9.18 Å². The van der Waals surface area contributed by atoms with Crippen LogP contribution in [0.1, 0.15) is 68.1 Å². The second-order valence-corrected chi connectivity index (χ2v) is 9.36. The Morgan fingerprint density at radius 2 is 1.94 bits per heavy atom. The van der Waals surface area contributed by atoms with E-state index in [2.05, 4.69) is 10.3 Å². The van der Waals surface area contributed by atoms with Crippen molar-refractivity contribution in [3.05, 3.63) is 57.5 Å². The number of hydrogen-bond donors (Lipinski definition) is 2. The number of carbonyl (C=O) groups is 2. The first kappa shape index (κ1) is 26.1. The number of aromatic hydroxyl groups is 1. The molecule has 0 spiro atoms. The number of benzene rings is 1. The number of amides is 2. The van der Waals surface area contributed by atoms with Crippen LogP contribution in [-0.2, 0) is 16.0 Å². The lowest BCUT2D eigenvalue weighted by Gasteiger charge is -2.30. The second kappa shape index (κ2) is 10.4. The predicted octanol–water partition coefficient (Wildman–Crippen LogP) is 2.91. The molecule has 0 bridgehead atoms. The van der Waals surface area contributed by atoms with Crippen LogP contribution in [0.5, 0.6) is 5.75 Å². The molecule has 0 aliphatic carbocycles. The molecule has 0 radical (unpaired) electrons. The van der Waals surface area contributed by atoms with Gasteiger partial charge in [0.2, 0.25) is 5.75 Å². The third-order valence-corrected chi connectivity index (χ3v) is 5.57. The van der Waals surface area contributed by atoms with Gasteiger partial charge in [-0.25, -0.2) is 14.2 Å². The van der Waals surface area contributed by atoms with E-state index >= 15 is 0 Å². The van der Waals surface area contributed by atoms with E-state index in [9.17, 15) is 23.9 Å². The molecule has 2 atom stereocenters. The van der Waals surface area contributed by atoms with Crippen molar-refractivity contribution in [1.29, 1.82) is 0 Å². The molecule has 2 aromatic rings. The van der Waals surface area contributed by atoms with E-state index in [0.29, 0.717) is 12.0 Å². The smallest absolute Gasteiger partial charge is 0.410 e. The van der Waals surface area contributed by atoms with Crippen molar-refractivity contribution in [2.45, 2.75) is 58.3 Å². The normalized spacial score (nSPS) is 17.8. The van der Waals surface area contributed by atoms with Gasteiger partial charge in [-0.15, -0.1) is 0 Å². The van der Waals surface area contributed by atoms with Crippen LogP contribution in [0, 0.1) is 5.82 Å². The minimum Gasteiger partial charge on any atom is -0.501 e. The highest BCUT2D eigenvalue weighted by atomic mass is 19.1. The molecule has 1 aliphatic heterocycles. The summed E-state index contributed by atoms with van der Waals surface area (Å²) in [6, 6.07) is 4.22. The largest absolute Gasteiger partial charge is 0.501 e.